The largest absolute Gasteiger partial charge is 0.506 e. The lowest BCUT2D eigenvalue weighted by Gasteiger charge is -2.10. The first-order valence-electron chi connectivity index (χ1n) is 8.34. The van der Waals surface area contributed by atoms with Crippen LogP contribution in [0, 0.1) is 10.1 Å². The van der Waals surface area contributed by atoms with Gasteiger partial charge in [0.1, 0.15) is 22.3 Å². The van der Waals surface area contributed by atoms with Gasteiger partial charge < -0.3 is 14.8 Å². The molecule has 8 heteroatoms. The number of benzene rings is 2. The van der Waals surface area contributed by atoms with E-state index in [1.807, 2.05) is 24.3 Å². The predicted octanol–water partition coefficient (Wildman–Crippen LogP) is 4.75. The summed E-state index contributed by atoms with van der Waals surface area (Å²) in [5.41, 5.74) is 1.23. The minimum atomic E-state index is -0.599. The maximum absolute atomic E-state index is 10.7. The highest BCUT2D eigenvalue weighted by Crippen LogP contribution is 2.29. The summed E-state index contributed by atoms with van der Waals surface area (Å²) in [5, 5.41) is 24.7. The molecule has 2 heterocycles. The van der Waals surface area contributed by atoms with E-state index in [4.69, 9.17) is 4.42 Å². The average molecular weight is 374 g/mol. The lowest BCUT2D eigenvalue weighted by atomic mass is 10.2. The Morgan fingerprint density at radius 1 is 1.00 bits per heavy atom. The van der Waals surface area contributed by atoms with E-state index in [1.165, 1.54) is 12.1 Å². The molecule has 0 saturated carbocycles. The highest BCUT2D eigenvalue weighted by atomic mass is 16.6. The lowest BCUT2D eigenvalue weighted by Crippen LogP contribution is -1.99. The monoisotopic (exact) mass is 374 g/mol. The molecule has 0 radical (unpaired) electrons. The molecular formula is C20H14N4O4. The van der Waals surface area contributed by atoms with Gasteiger partial charge in [0.25, 0.3) is 0 Å². The number of hydrogen-bond acceptors (Lipinski definition) is 7. The summed E-state index contributed by atoms with van der Waals surface area (Å²) in [5.74, 6) is 0.998. The summed E-state index contributed by atoms with van der Waals surface area (Å²) in [7, 11) is 0. The van der Waals surface area contributed by atoms with Crippen LogP contribution in [-0.4, -0.2) is 20.0 Å². The lowest BCUT2D eigenvalue weighted by molar-refractivity contribution is -0.402. The van der Waals surface area contributed by atoms with Crippen LogP contribution < -0.4 is 5.32 Å². The fourth-order valence-corrected chi connectivity index (χ4v) is 2.66. The van der Waals surface area contributed by atoms with Crippen LogP contribution in [0.1, 0.15) is 11.6 Å². The molecule has 0 saturated heterocycles. The molecule has 0 aliphatic carbocycles. The number of aromatic nitrogens is 2. The Morgan fingerprint density at radius 3 is 2.57 bits per heavy atom. The molecule has 2 N–H and O–H groups in total. The van der Waals surface area contributed by atoms with Crippen molar-refractivity contribution < 1.29 is 14.4 Å². The molecule has 2 aromatic carbocycles. The number of nitrogens with zero attached hydrogens (tertiary/aromatic N) is 3. The first-order valence-corrected chi connectivity index (χ1v) is 8.34. The predicted molar refractivity (Wildman–Crippen MR) is 105 cm³/mol. The Kier molecular flexibility index (Phi) is 4.43. The molecule has 0 fully saturated rings. The fourth-order valence-electron chi connectivity index (χ4n) is 2.66. The van der Waals surface area contributed by atoms with Crippen LogP contribution in [0.4, 0.5) is 17.4 Å². The second-order valence-electron chi connectivity index (χ2n) is 5.86. The molecule has 0 unspecified atom stereocenters. The van der Waals surface area contributed by atoms with Crippen molar-refractivity contribution in [2.45, 2.75) is 0 Å². The minimum absolute atomic E-state index is 0.102. The molecular weight excluding hydrogens is 360 g/mol. The third-order valence-corrected chi connectivity index (χ3v) is 3.97. The summed E-state index contributed by atoms with van der Waals surface area (Å²) in [6.07, 6.45) is 3.16. The SMILES string of the molecule is O=[N+]([O-])c1ccc(C=Cc2nc(Nc3ccccc3O)c3ccccc3n2)o1. The van der Waals surface area contributed by atoms with Crippen LogP contribution in [0.15, 0.2) is 65.1 Å². The summed E-state index contributed by atoms with van der Waals surface area (Å²) in [4.78, 5) is 19.1. The number of fused-ring (bicyclic) bond motifs is 1. The van der Waals surface area contributed by atoms with Gasteiger partial charge in [0.2, 0.25) is 0 Å². The van der Waals surface area contributed by atoms with Crippen molar-refractivity contribution in [3.63, 3.8) is 0 Å². The third kappa shape index (κ3) is 3.51. The quantitative estimate of drug-likeness (QED) is 0.294. The van der Waals surface area contributed by atoms with Crippen molar-refractivity contribution in [2.24, 2.45) is 0 Å². The van der Waals surface area contributed by atoms with E-state index in [2.05, 4.69) is 15.3 Å². The Morgan fingerprint density at radius 2 is 1.79 bits per heavy atom. The molecule has 0 spiro atoms. The normalized spacial score (nSPS) is 11.1. The average Bonchev–Trinajstić information content (AvgIpc) is 3.18. The molecule has 8 nitrogen and oxygen atoms in total. The number of aromatic hydroxyl groups is 1. The van der Waals surface area contributed by atoms with Crippen LogP contribution in [0.5, 0.6) is 5.75 Å². The Bertz CT molecular complexity index is 1200. The minimum Gasteiger partial charge on any atom is -0.506 e. The second kappa shape index (κ2) is 7.20. The maximum atomic E-state index is 10.7. The van der Waals surface area contributed by atoms with E-state index in [0.717, 1.165) is 5.39 Å². The number of furan rings is 1. The molecule has 0 bridgehead atoms. The highest BCUT2D eigenvalue weighted by Gasteiger charge is 2.11. The van der Waals surface area contributed by atoms with Gasteiger partial charge in [-0.25, -0.2) is 9.97 Å². The van der Waals surface area contributed by atoms with Gasteiger partial charge in [-0.05, 0) is 42.5 Å². The summed E-state index contributed by atoms with van der Waals surface area (Å²) < 4.78 is 5.11. The van der Waals surface area contributed by atoms with E-state index in [-0.39, 0.29) is 11.6 Å². The zero-order valence-corrected chi connectivity index (χ0v) is 14.4. The Labute approximate surface area is 158 Å². The number of para-hydroxylation sites is 3. The molecule has 138 valence electrons. The fraction of sp³-hybridized carbons (Fsp3) is 0. The zero-order chi connectivity index (χ0) is 19.5. The van der Waals surface area contributed by atoms with Gasteiger partial charge in [-0.1, -0.05) is 24.3 Å². The first kappa shape index (κ1) is 17.2. The van der Waals surface area contributed by atoms with Gasteiger partial charge in [0.05, 0.1) is 17.3 Å². The number of anilines is 2. The van der Waals surface area contributed by atoms with Gasteiger partial charge >= 0.3 is 5.88 Å². The van der Waals surface area contributed by atoms with Crippen LogP contribution in [-0.2, 0) is 0 Å². The molecule has 4 aromatic rings. The number of nitrogens with one attached hydrogen (secondary N) is 1. The number of phenols is 1. The maximum Gasteiger partial charge on any atom is 0.433 e. The van der Waals surface area contributed by atoms with Gasteiger partial charge in [-0.15, -0.1) is 0 Å². The van der Waals surface area contributed by atoms with Crippen LogP contribution in [0.3, 0.4) is 0 Å². The van der Waals surface area contributed by atoms with Gasteiger partial charge in [0, 0.05) is 5.39 Å². The van der Waals surface area contributed by atoms with E-state index >= 15 is 0 Å². The smallest absolute Gasteiger partial charge is 0.433 e. The van der Waals surface area contributed by atoms with Crippen molar-refractivity contribution in [3.05, 3.63) is 82.4 Å². The summed E-state index contributed by atoms with van der Waals surface area (Å²) in [6.45, 7) is 0. The van der Waals surface area contributed by atoms with Gasteiger partial charge in [-0.3, -0.25) is 10.1 Å². The highest BCUT2D eigenvalue weighted by molar-refractivity contribution is 5.92. The zero-order valence-electron chi connectivity index (χ0n) is 14.4. The number of rotatable bonds is 5. The molecule has 0 aliphatic rings. The van der Waals surface area contributed by atoms with Gasteiger partial charge in [-0.2, -0.15) is 0 Å². The second-order valence-corrected chi connectivity index (χ2v) is 5.86. The number of nitro groups is 1. The van der Waals surface area contributed by atoms with Gasteiger partial charge in [0.15, 0.2) is 5.82 Å². The molecule has 0 amide bonds. The third-order valence-electron chi connectivity index (χ3n) is 3.97. The summed E-state index contributed by atoms with van der Waals surface area (Å²) >= 11 is 0. The Balaban J connectivity index is 1.72. The molecule has 0 atom stereocenters. The summed E-state index contributed by atoms with van der Waals surface area (Å²) in [6, 6.07) is 17.1. The number of phenolic OH excluding ortho intramolecular Hbond substituents is 1. The standard InChI is InChI=1S/C20H14N4O4/c25-17-8-4-3-7-16(17)22-20-14-5-1-2-6-15(14)21-18(23-20)11-9-13-10-12-19(28-13)24(26)27/h1-12,25H,(H,21,22,23). The van der Waals surface area contributed by atoms with E-state index in [9.17, 15) is 15.2 Å². The van der Waals surface area contributed by atoms with Crippen molar-refractivity contribution in [1.29, 1.82) is 0 Å². The van der Waals surface area contributed by atoms with Crippen LogP contribution in [0.2, 0.25) is 0 Å². The van der Waals surface area contributed by atoms with Crippen LogP contribution >= 0.6 is 0 Å². The number of hydrogen-bond donors (Lipinski definition) is 2. The molecule has 0 aliphatic heterocycles. The molecule has 28 heavy (non-hydrogen) atoms. The van der Waals surface area contributed by atoms with Crippen molar-refractivity contribution in [1.82, 2.24) is 9.97 Å². The van der Waals surface area contributed by atoms with E-state index in [0.29, 0.717) is 28.6 Å². The molecule has 4 rings (SSSR count). The topological polar surface area (TPSA) is 114 Å². The van der Waals surface area contributed by atoms with Crippen LogP contribution in [0.25, 0.3) is 23.1 Å². The van der Waals surface area contributed by atoms with Crippen molar-refractivity contribution >= 4 is 40.4 Å². The molecule has 2 aromatic heterocycles. The van der Waals surface area contributed by atoms with E-state index in [1.54, 1.807) is 36.4 Å². The first-order chi connectivity index (χ1) is 13.6. The van der Waals surface area contributed by atoms with Crippen molar-refractivity contribution in [2.75, 3.05) is 5.32 Å². The van der Waals surface area contributed by atoms with Crippen molar-refractivity contribution in [3.8, 4) is 5.75 Å². The van der Waals surface area contributed by atoms with E-state index < -0.39 is 4.92 Å². The Hall–Kier alpha value is -4.20.